The molecule has 0 radical (unpaired) electrons. The molecule has 106 valence electrons. The van der Waals surface area contributed by atoms with Gasteiger partial charge in [-0.25, -0.2) is 9.37 Å². The Morgan fingerprint density at radius 1 is 1.14 bits per heavy atom. The number of amides is 1. The lowest BCUT2D eigenvalue weighted by Gasteiger charge is -2.09. The molecule has 0 N–H and O–H groups in total. The van der Waals surface area contributed by atoms with E-state index in [2.05, 4.69) is 4.98 Å². The van der Waals surface area contributed by atoms with E-state index in [0.29, 0.717) is 22.5 Å². The van der Waals surface area contributed by atoms with Gasteiger partial charge in [0.1, 0.15) is 5.52 Å². The van der Waals surface area contributed by atoms with E-state index in [1.807, 2.05) is 0 Å². The smallest absolute Gasteiger partial charge is 0.253 e. The molecular formula is C16H13FN2O2. The van der Waals surface area contributed by atoms with Crippen molar-refractivity contribution in [2.24, 2.45) is 0 Å². The first-order valence-corrected chi connectivity index (χ1v) is 6.43. The monoisotopic (exact) mass is 284 g/mol. The van der Waals surface area contributed by atoms with Gasteiger partial charge < -0.3 is 9.32 Å². The lowest BCUT2D eigenvalue weighted by atomic mass is 10.1. The molecule has 0 aliphatic carbocycles. The Bertz CT molecular complexity index is 807. The summed E-state index contributed by atoms with van der Waals surface area (Å²) in [6, 6.07) is 11.5. The molecule has 1 aromatic heterocycles. The minimum absolute atomic E-state index is 0.0786. The number of carbonyl (C=O) groups is 1. The number of carbonyl (C=O) groups excluding carboxylic acids is 1. The van der Waals surface area contributed by atoms with Crippen molar-refractivity contribution in [3.63, 3.8) is 0 Å². The van der Waals surface area contributed by atoms with Crippen LogP contribution >= 0.6 is 0 Å². The van der Waals surface area contributed by atoms with Gasteiger partial charge in [-0.05, 0) is 36.4 Å². The summed E-state index contributed by atoms with van der Waals surface area (Å²) in [7, 11) is 3.39. The van der Waals surface area contributed by atoms with Crippen LogP contribution in [0.2, 0.25) is 0 Å². The van der Waals surface area contributed by atoms with Gasteiger partial charge in [0.25, 0.3) is 5.91 Å². The van der Waals surface area contributed by atoms with Crippen LogP contribution in [0.1, 0.15) is 10.4 Å². The van der Waals surface area contributed by atoms with Crippen LogP contribution in [0.15, 0.2) is 46.9 Å². The Hall–Kier alpha value is -2.69. The molecule has 0 bridgehead atoms. The summed E-state index contributed by atoms with van der Waals surface area (Å²) < 4.78 is 19.0. The fraction of sp³-hybridized carbons (Fsp3) is 0.125. The molecule has 2 aromatic carbocycles. The van der Waals surface area contributed by atoms with Gasteiger partial charge in [-0.2, -0.15) is 0 Å². The summed E-state index contributed by atoms with van der Waals surface area (Å²) in [5, 5.41) is 0. The molecule has 0 saturated carbocycles. The number of benzene rings is 2. The molecule has 3 aromatic rings. The minimum Gasteiger partial charge on any atom is -0.433 e. The molecule has 0 spiro atoms. The zero-order chi connectivity index (χ0) is 15.0. The van der Waals surface area contributed by atoms with Crippen LogP contribution in [-0.2, 0) is 0 Å². The largest absolute Gasteiger partial charge is 0.433 e. The number of hydrogen-bond acceptors (Lipinski definition) is 3. The van der Waals surface area contributed by atoms with Crippen LogP contribution in [0.3, 0.4) is 0 Å². The van der Waals surface area contributed by atoms with Crippen molar-refractivity contribution >= 4 is 17.0 Å². The Kier molecular flexibility index (Phi) is 3.17. The third-order valence-electron chi connectivity index (χ3n) is 3.15. The van der Waals surface area contributed by atoms with Gasteiger partial charge in [-0.1, -0.05) is 6.07 Å². The van der Waals surface area contributed by atoms with E-state index < -0.39 is 5.82 Å². The summed E-state index contributed by atoms with van der Waals surface area (Å²) in [4.78, 5) is 17.6. The minimum atomic E-state index is -0.439. The lowest BCUT2D eigenvalue weighted by Crippen LogP contribution is -2.21. The van der Waals surface area contributed by atoms with Crippen molar-refractivity contribution in [3.8, 4) is 11.5 Å². The topological polar surface area (TPSA) is 46.3 Å². The van der Waals surface area contributed by atoms with Crippen LogP contribution in [-0.4, -0.2) is 29.9 Å². The maximum atomic E-state index is 13.6. The molecule has 5 heteroatoms. The number of hydrogen-bond donors (Lipinski definition) is 0. The van der Waals surface area contributed by atoms with Crippen molar-refractivity contribution in [1.29, 1.82) is 0 Å². The molecule has 0 unspecified atom stereocenters. The molecule has 1 amide bonds. The second-order valence-corrected chi connectivity index (χ2v) is 4.88. The van der Waals surface area contributed by atoms with Crippen molar-refractivity contribution < 1.29 is 13.6 Å². The summed E-state index contributed by atoms with van der Waals surface area (Å²) in [6.07, 6.45) is 0. The summed E-state index contributed by atoms with van der Waals surface area (Å²) >= 11 is 0. The van der Waals surface area contributed by atoms with E-state index in [-0.39, 0.29) is 11.5 Å². The molecule has 0 aliphatic rings. The number of para-hydroxylation sites is 1. The van der Waals surface area contributed by atoms with Crippen LogP contribution in [0.4, 0.5) is 4.39 Å². The highest BCUT2D eigenvalue weighted by Gasteiger charge is 2.13. The van der Waals surface area contributed by atoms with Gasteiger partial charge in [0.15, 0.2) is 11.4 Å². The molecule has 4 nitrogen and oxygen atoms in total. The zero-order valence-electron chi connectivity index (χ0n) is 11.6. The highest BCUT2D eigenvalue weighted by molar-refractivity contribution is 5.94. The lowest BCUT2D eigenvalue weighted by molar-refractivity contribution is 0.0827. The predicted molar refractivity (Wildman–Crippen MR) is 77.4 cm³/mol. The highest BCUT2D eigenvalue weighted by Crippen LogP contribution is 2.26. The maximum absolute atomic E-state index is 13.6. The third-order valence-corrected chi connectivity index (χ3v) is 3.15. The van der Waals surface area contributed by atoms with Gasteiger partial charge in [-0.3, -0.25) is 4.79 Å². The third kappa shape index (κ3) is 2.38. The molecule has 0 saturated heterocycles. The van der Waals surface area contributed by atoms with Gasteiger partial charge in [0.05, 0.1) is 0 Å². The highest BCUT2D eigenvalue weighted by atomic mass is 19.1. The van der Waals surface area contributed by atoms with Crippen molar-refractivity contribution in [2.75, 3.05) is 14.1 Å². The fourth-order valence-electron chi connectivity index (χ4n) is 2.05. The number of halogens is 1. The molecule has 0 atom stereocenters. The number of fused-ring (bicyclic) bond motifs is 1. The molecule has 0 aliphatic heterocycles. The van der Waals surface area contributed by atoms with Crippen LogP contribution in [0.25, 0.3) is 22.6 Å². The maximum Gasteiger partial charge on any atom is 0.253 e. The Morgan fingerprint density at radius 3 is 2.48 bits per heavy atom. The summed E-state index contributed by atoms with van der Waals surface area (Å²) in [6.45, 7) is 0. The van der Waals surface area contributed by atoms with Gasteiger partial charge in [0.2, 0.25) is 5.89 Å². The zero-order valence-corrected chi connectivity index (χ0v) is 11.6. The quantitative estimate of drug-likeness (QED) is 0.725. The second-order valence-electron chi connectivity index (χ2n) is 4.88. The van der Waals surface area contributed by atoms with Crippen molar-refractivity contribution in [2.45, 2.75) is 0 Å². The number of rotatable bonds is 2. The average molecular weight is 284 g/mol. The Morgan fingerprint density at radius 2 is 1.86 bits per heavy atom. The van der Waals surface area contributed by atoms with Crippen LogP contribution in [0, 0.1) is 5.82 Å². The molecule has 0 fully saturated rings. The Balaban J connectivity index is 1.99. The van der Waals surface area contributed by atoms with Crippen molar-refractivity contribution in [1.82, 2.24) is 9.88 Å². The van der Waals surface area contributed by atoms with Crippen LogP contribution < -0.4 is 0 Å². The number of nitrogens with zero attached hydrogens (tertiary/aromatic N) is 2. The Labute approximate surface area is 120 Å². The first-order valence-electron chi connectivity index (χ1n) is 6.43. The van der Waals surface area contributed by atoms with E-state index in [4.69, 9.17) is 4.42 Å². The van der Waals surface area contributed by atoms with E-state index in [9.17, 15) is 9.18 Å². The summed E-state index contributed by atoms with van der Waals surface area (Å²) in [5.41, 5.74) is 1.88. The van der Waals surface area contributed by atoms with E-state index in [1.54, 1.807) is 50.5 Å². The average Bonchev–Trinajstić information content (AvgIpc) is 2.92. The first kappa shape index (κ1) is 13.3. The molecular weight excluding hydrogens is 271 g/mol. The van der Waals surface area contributed by atoms with E-state index in [1.165, 1.54) is 11.0 Å². The van der Waals surface area contributed by atoms with Gasteiger partial charge >= 0.3 is 0 Å². The number of oxazole rings is 1. The first-order chi connectivity index (χ1) is 10.1. The van der Waals surface area contributed by atoms with Gasteiger partial charge in [0, 0.05) is 25.2 Å². The van der Waals surface area contributed by atoms with Crippen molar-refractivity contribution in [3.05, 3.63) is 53.8 Å². The predicted octanol–water partition coefficient (Wildman–Crippen LogP) is 3.34. The molecule has 21 heavy (non-hydrogen) atoms. The normalized spacial score (nSPS) is 10.8. The van der Waals surface area contributed by atoms with E-state index in [0.717, 1.165) is 0 Å². The SMILES string of the molecule is CN(C)C(=O)c1ccc(-c2nc3cccc(F)c3o2)cc1. The molecule has 3 rings (SSSR count). The summed E-state index contributed by atoms with van der Waals surface area (Å²) in [5.74, 6) is -0.185. The van der Waals surface area contributed by atoms with Crippen LogP contribution in [0.5, 0.6) is 0 Å². The van der Waals surface area contributed by atoms with E-state index >= 15 is 0 Å². The standard InChI is InChI=1S/C16H13FN2O2/c1-19(2)16(20)11-8-6-10(7-9-11)15-18-13-5-3-4-12(17)14(13)21-15/h3-9H,1-2H3. The second kappa shape index (κ2) is 5.01. The fourth-order valence-corrected chi connectivity index (χ4v) is 2.05. The van der Waals surface area contributed by atoms with Gasteiger partial charge in [-0.15, -0.1) is 0 Å². The number of aromatic nitrogens is 1. The molecule has 1 heterocycles.